The van der Waals surface area contributed by atoms with Gasteiger partial charge in [0.2, 0.25) is 0 Å². The number of hydrogen-bond donors (Lipinski definition) is 1. The van der Waals surface area contributed by atoms with E-state index in [0.29, 0.717) is 22.8 Å². The van der Waals surface area contributed by atoms with Crippen LogP contribution in [0.15, 0.2) is 42.5 Å². The molecule has 0 saturated heterocycles. The quantitative estimate of drug-likeness (QED) is 0.778. The van der Waals surface area contributed by atoms with Crippen LogP contribution < -0.4 is 0 Å². The van der Waals surface area contributed by atoms with Gasteiger partial charge in [-0.3, -0.25) is 0 Å². The van der Waals surface area contributed by atoms with Crippen LogP contribution in [0.5, 0.6) is 0 Å². The van der Waals surface area contributed by atoms with Gasteiger partial charge in [-0.2, -0.15) is 0 Å². The SMILES string of the molecule is CCC(O)c1nc2ccccc2n1Cc1c(F)cccc1Cl. The number of rotatable bonds is 4. The summed E-state index contributed by atoms with van der Waals surface area (Å²) in [7, 11) is 0. The maximum Gasteiger partial charge on any atom is 0.139 e. The van der Waals surface area contributed by atoms with Gasteiger partial charge < -0.3 is 9.67 Å². The van der Waals surface area contributed by atoms with Gasteiger partial charge in [0, 0.05) is 10.6 Å². The maximum absolute atomic E-state index is 14.1. The lowest BCUT2D eigenvalue weighted by molar-refractivity contribution is 0.160. The zero-order valence-electron chi connectivity index (χ0n) is 12.1. The van der Waals surface area contributed by atoms with Crippen molar-refractivity contribution in [2.24, 2.45) is 0 Å². The number of aromatic nitrogens is 2. The molecule has 3 aromatic rings. The molecule has 0 bridgehead atoms. The van der Waals surface area contributed by atoms with Gasteiger partial charge in [0.25, 0.3) is 0 Å². The predicted octanol–water partition coefficient (Wildman–Crippen LogP) is 4.32. The molecule has 114 valence electrons. The zero-order chi connectivity index (χ0) is 15.7. The standard InChI is InChI=1S/C17H16ClFN2O/c1-2-16(22)17-20-14-8-3-4-9-15(14)21(17)10-11-12(18)6-5-7-13(11)19/h3-9,16,22H,2,10H2,1H3. The van der Waals surface area contributed by atoms with Crippen molar-refractivity contribution >= 4 is 22.6 Å². The fourth-order valence-corrected chi connectivity index (χ4v) is 2.76. The Balaban J connectivity index is 2.16. The Morgan fingerprint density at radius 1 is 1.23 bits per heavy atom. The molecule has 0 amide bonds. The third-order valence-corrected chi connectivity index (χ3v) is 4.10. The molecule has 3 nitrogen and oxygen atoms in total. The summed E-state index contributed by atoms with van der Waals surface area (Å²) >= 11 is 6.13. The van der Waals surface area contributed by atoms with Crippen LogP contribution in [0.25, 0.3) is 11.0 Å². The van der Waals surface area contributed by atoms with Crippen molar-refractivity contribution in [3.8, 4) is 0 Å². The molecule has 0 spiro atoms. The molecule has 3 rings (SSSR count). The molecule has 0 saturated carbocycles. The number of benzene rings is 2. The molecule has 0 radical (unpaired) electrons. The van der Waals surface area contributed by atoms with Crippen LogP contribution in [0.3, 0.4) is 0 Å². The average Bonchev–Trinajstić information content (AvgIpc) is 2.89. The summed E-state index contributed by atoms with van der Waals surface area (Å²) in [6.45, 7) is 2.11. The van der Waals surface area contributed by atoms with E-state index in [-0.39, 0.29) is 12.4 Å². The summed E-state index contributed by atoms with van der Waals surface area (Å²) in [5.41, 5.74) is 2.03. The van der Waals surface area contributed by atoms with Crippen molar-refractivity contribution < 1.29 is 9.50 Å². The Morgan fingerprint density at radius 3 is 2.73 bits per heavy atom. The molecular formula is C17H16ClFN2O. The van der Waals surface area contributed by atoms with E-state index in [1.54, 1.807) is 12.1 Å². The summed E-state index contributed by atoms with van der Waals surface area (Å²) in [6, 6.07) is 12.2. The first-order chi connectivity index (χ1) is 10.6. The number of imidazole rings is 1. The highest BCUT2D eigenvalue weighted by Gasteiger charge is 2.18. The van der Waals surface area contributed by atoms with Crippen molar-refractivity contribution in [1.29, 1.82) is 0 Å². The first-order valence-electron chi connectivity index (χ1n) is 7.18. The molecule has 0 aliphatic heterocycles. The van der Waals surface area contributed by atoms with E-state index in [1.165, 1.54) is 6.07 Å². The number of aliphatic hydroxyl groups is 1. The van der Waals surface area contributed by atoms with Crippen molar-refractivity contribution in [1.82, 2.24) is 9.55 Å². The lowest BCUT2D eigenvalue weighted by Crippen LogP contribution is -2.10. The van der Waals surface area contributed by atoms with Crippen LogP contribution in [-0.4, -0.2) is 14.7 Å². The van der Waals surface area contributed by atoms with Crippen LogP contribution in [0.2, 0.25) is 5.02 Å². The van der Waals surface area contributed by atoms with Gasteiger partial charge in [-0.25, -0.2) is 9.37 Å². The van der Waals surface area contributed by atoms with E-state index < -0.39 is 6.10 Å². The molecule has 1 unspecified atom stereocenters. The first kappa shape index (κ1) is 15.0. The molecular weight excluding hydrogens is 303 g/mol. The van der Waals surface area contributed by atoms with Crippen molar-refractivity contribution in [2.45, 2.75) is 26.0 Å². The van der Waals surface area contributed by atoms with Crippen LogP contribution in [0.1, 0.15) is 30.8 Å². The Morgan fingerprint density at radius 2 is 2.00 bits per heavy atom. The molecule has 2 aromatic carbocycles. The second-order valence-electron chi connectivity index (χ2n) is 5.17. The molecule has 0 fully saturated rings. The number of para-hydroxylation sites is 2. The van der Waals surface area contributed by atoms with Crippen molar-refractivity contribution in [2.75, 3.05) is 0 Å². The van der Waals surface area contributed by atoms with E-state index >= 15 is 0 Å². The second kappa shape index (κ2) is 6.07. The van der Waals surface area contributed by atoms with Crippen LogP contribution in [-0.2, 0) is 6.54 Å². The molecule has 1 atom stereocenters. The maximum atomic E-state index is 14.1. The Bertz CT molecular complexity index is 795. The van der Waals surface area contributed by atoms with Gasteiger partial charge >= 0.3 is 0 Å². The van der Waals surface area contributed by atoms with Gasteiger partial charge in [0.15, 0.2) is 0 Å². The van der Waals surface area contributed by atoms with Gasteiger partial charge in [-0.15, -0.1) is 0 Å². The normalized spacial score (nSPS) is 12.7. The molecule has 5 heteroatoms. The highest BCUT2D eigenvalue weighted by Crippen LogP contribution is 2.27. The lowest BCUT2D eigenvalue weighted by Gasteiger charge is -2.14. The number of hydrogen-bond acceptors (Lipinski definition) is 2. The van der Waals surface area contributed by atoms with Gasteiger partial charge in [0.1, 0.15) is 17.7 Å². The minimum atomic E-state index is -0.696. The van der Waals surface area contributed by atoms with Crippen molar-refractivity contribution in [3.63, 3.8) is 0 Å². The third-order valence-electron chi connectivity index (χ3n) is 3.75. The van der Waals surface area contributed by atoms with Crippen LogP contribution >= 0.6 is 11.6 Å². The minimum Gasteiger partial charge on any atom is -0.385 e. The monoisotopic (exact) mass is 318 g/mol. The van der Waals surface area contributed by atoms with Gasteiger partial charge in [-0.05, 0) is 30.7 Å². The molecule has 1 N–H and O–H groups in total. The van der Waals surface area contributed by atoms with E-state index in [2.05, 4.69) is 4.98 Å². The summed E-state index contributed by atoms with van der Waals surface area (Å²) < 4.78 is 15.9. The van der Waals surface area contributed by atoms with Crippen LogP contribution in [0, 0.1) is 5.82 Å². The number of fused-ring (bicyclic) bond motifs is 1. The minimum absolute atomic E-state index is 0.235. The zero-order valence-corrected chi connectivity index (χ0v) is 12.9. The average molecular weight is 319 g/mol. The van der Waals surface area contributed by atoms with Gasteiger partial charge in [0.05, 0.1) is 17.6 Å². The second-order valence-corrected chi connectivity index (χ2v) is 5.58. The Kier molecular flexibility index (Phi) is 4.14. The highest BCUT2D eigenvalue weighted by atomic mass is 35.5. The van der Waals surface area contributed by atoms with E-state index in [9.17, 15) is 9.50 Å². The summed E-state index contributed by atoms with van der Waals surface area (Å²) in [4.78, 5) is 4.49. The number of halogens is 2. The highest BCUT2D eigenvalue weighted by molar-refractivity contribution is 6.31. The molecule has 0 aliphatic carbocycles. The van der Waals surface area contributed by atoms with E-state index in [1.807, 2.05) is 35.8 Å². The number of nitrogens with zero attached hydrogens (tertiary/aromatic N) is 2. The predicted molar refractivity (Wildman–Crippen MR) is 85.5 cm³/mol. The summed E-state index contributed by atoms with van der Waals surface area (Å²) in [5.74, 6) is 0.172. The summed E-state index contributed by atoms with van der Waals surface area (Å²) in [5, 5.41) is 10.6. The van der Waals surface area contributed by atoms with E-state index in [0.717, 1.165) is 11.0 Å². The largest absolute Gasteiger partial charge is 0.385 e. The smallest absolute Gasteiger partial charge is 0.139 e. The molecule has 22 heavy (non-hydrogen) atoms. The number of aliphatic hydroxyl groups excluding tert-OH is 1. The fourth-order valence-electron chi connectivity index (χ4n) is 2.54. The first-order valence-corrected chi connectivity index (χ1v) is 7.55. The van der Waals surface area contributed by atoms with E-state index in [4.69, 9.17) is 11.6 Å². The summed E-state index contributed by atoms with van der Waals surface area (Å²) in [6.07, 6.45) is -0.160. The Labute approximate surface area is 133 Å². The fraction of sp³-hybridized carbons (Fsp3) is 0.235. The van der Waals surface area contributed by atoms with Gasteiger partial charge in [-0.1, -0.05) is 36.7 Å². The topological polar surface area (TPSA) is 38.1 Å². The lowest BCUT2D eigenvalue weighted by atomic mass is 10.2. The molecule has 0 aliphatic rings. The van der Waals surface area contributed by atoms with Crippen molar-refractivity contribution in [3.05, 3.63) is 64.7 Å². The third kappa shape index (κ3) is 2.60. The van der Waals surface area contributed by atoms with Crippen LogP contribution in [0.4, 0.5) is 4.39 Å². The molecule has 1 heterocycles. The molecule has 1 aromatic heterocycles. The Hall–Kier alpha value is -1.91.